The summed E-state index contributed by atoms with van der Waals surface area (Å²) in [6.07, 6.45) is 1.98. The number of aliphatic hydroxyl groups excluding tert-OH is 1. The van der Waals surface area contributed by atoms with E-state index >= 15 is 0 Å². The Bertz CT molecular complexity index is 155. The van der Waals surface area contributed by atoms with Crippen LogP contribution in [-0.4, -0.2) is 30.4 Å². The van der Waals surface area contributed by atoms with Crippen LogP contribution in [0, 0.1) is 0 Å². The number of rotatable bonds is 4. The van der Waals surface area contributed by atoms with E-state index in [2.05, 4.69) is 4.65 Å². The smallest absolute Gasteiger partial charge is 0.506 e. The molecule has 0 aromatic carbocycles. The fraction of sp³-hybridized carbons (Fsp3) is 0.500. The molecule has 11 heavy (non-hydrogen) atoms. The molecule has 2 N–H and O–H groups in total. The molecule has 0 unspecified atom stereocenters. The Morgan fingerprint density at radius 3 is 2.82 bits per heavy atom. The molecule has 0 aromatic rings. The quantitative estimate of drug-likeness (QED) is 0.411. The summed E-state index contributed by atoms with van der Waals surface area (Å²) in [5.41, 5.74) is 0.396. The van der Waals surface area contributed by atoms with Crippen LogP contribution in [0.3, 0.4) is 0 Å². The Balaban J connectivity index is 3.80. The zero-order valence-electron chi connectivity index (χ0n) is 6.41. The SMILES string of the molecule is CC(=CCCO)C(=O)OBO. The van der Waals surface area contributed by atoms with Gasteiger partial charge >= 0.3 is 13.7 Å². The summed E-state index contributed by atoms with van der Waals surface area (Å²) >= 11 is 0. The van der Waals surface area contributed by atoms with E-state index in [1.54, 1.807) is 13.0 Å². The van der Waals surface area contributed by atoms with Crippen molar-refractivity contribution in [3.63, 3.8) is 0 Å². The minimum Gasteiger partial charge on any atom is -0.509 e. The maximum atomic E-state index is 10.7. The van der Waals surface area contributed by atoms with E-state index in [1.165, 1.54) is 0 Å². The molecule has 0 heterocycles. The number of carbonyl (C=O) groups is 1. The van der Waals surface area contributed by atoms with Crippen LogP contribution in [0.5, 0.6) is 0 Å². The van der Waals surface area contributed by atoms with Crippen LogP contribution in [0.15, 0.2) is 11.6 Å². The first-order valence-electron chi connectivity index (χ1n) is 3.28. The highest BCUT2D eigenvalue weighted by atomic mass is 16.6. The molecule has 0 atom stereocenters. The van der Waals surface area contributed by atoms with E-state index < -0.39 is 13.7 Å². The molecule has 0 rings (SSSR count). The van der Waals surface area contributed by atoms with Gasteiger partial charge in [-0.15, -0.1) is 0 Å². The van der Waals surface area contributed by atoms with Crippen LogP contribution >= 0.6 is 0 Å². The van der Waals surface area contributed by atoms with Gasteiger partial charge in [-0.2, -0.15) is 0 Å². The van der Waals surface area contributed by atoms with Gasteiger partial charge in [0.1, 0.15) is 0 Å². The van der Waals surface area contributed by atoms with Gasteiger partial charge in [0.15, 0.2) is 0 Å². The minimum atomic E-state index is -0.608. The normalized spacial score (nSPS) is 11.0. The van der Waals surface area contributed by atoms with Crippen LogP contribution in [0.4, 0.5) is 0 Å². The van der Waals surface area contributed by atoms with Crippen molar-refractivity contribution < 1.29 is 19.6 Å². The summed E-state index contributed by atoms with van der Waals surface area (Å²) in [7, 11) is -0.608. The van der Waals surface area contributed by atoms with Crippen molar-refractivity contribution in [2.75, 3.05) is 6.61 Å². The molecule has 0 bridgehead atoms. The van der Waals surface area contributed by atoms with Gasteiger partial charge in [-0.05, 0) is 13.3 Å². The van der Waals surface area contributed by atoms with Crippen LogP contribution in [0.25, 0.3) is 0 Å². The van der Waals surface area contributed by atoms with E-state index in [0.717, 1.165) is 0 Å². The number of aliphatic hydroxyl groups is 1. The summed E-state index contributed by atoms with van der Waals surface area (Å²) in [5, 5.41) is 16.6. The zero-order valence-corrected chi connectivity index (χ0v) is 6.41. The number of hydrogen-bond donors (Lipinski definition) is 2. The summed E-state index contributed by atoms with van der Waals surface area (Å²) in [6.45, 7) is 1.57. The van der Waals surface area contributed by atoms with Crippen molar-refractivity contribution in [1.29, 1.82) is 0 Å². The largest absolute Gasteiger partial charge is 0.509 e. The monoisotopic (exact) mass is 158 g/mol. The van der Waals surface area contributed by atoms with Crippen molar-refractivity contribution in [3.8, 4) is 0 Å². The van der Waals surface area contributed by atoms with Gasteiger partial charge in [-0.25, -0.2) is 4.79 Å². The van der Waals surface area contributed by atoms with E-state index in [1.807, 2.05) is 0 Å². The molecule has 0 amide bonds. The van der Waals surface area contributed by atoms with Gasteiger partial charge in [0.25, 0.3) is 0 Å². The molecule has 0 spiro atoms. The van der Waals surface area contributed by atoms with Crippen molar-refractivity contribution in [3.05, 3.63) is 11.6 Å². The molecule has 4 nitrogen and oxygen atoms in total. The fourth-order valence-corrected chi connectivity index (χ4v) is 0.537. The first-order valence-corrected chi connectivity index (χ1v) is 3.28. The van der Waals surface area contributed by atoms with E-state index in [9.17, 15) is 4.79 Å². The highest BCUT2D eigenvalue weighted by Crippen LogP contribution is 1.96. The Kier molecular flexibility index (Phi) is 5.51. The van der Waals surface area contributed by atoms with Gasteiger partial charge in [0.05, 0.1) is 0 Å². The molecule has 0 saturated heterocycles. The van der Waals surface area contributed by atoms with Crippen molar-refractivity contribution in [2.45, 2.75) is 13.3 Å². The third kappa shape index (κ3) is 4.58. The molecule has 0 saturated carbocycles. The maximum Gasteiger partial charge on any atom is 0.506 e. The molecule has 0 aliphatic heterocycles. The molecule has 0 aromatic heterocycles. The molecule has 0 aliphatic rings. The average Bonchev–Trinajstić information content (AvgIpc) is 2.00. The lowest BCUT2D eigenvalue weighted by molar-refractivity contribution is -0.130. The van der Waals surface area contributed by atoms with Crippen LogP contribution < -0.4 is 0 Å². The second-order valence-corrected chi connectivity index (χ2v) is 1.96. The highest BCUT2D eigenvalue weighted by molar-refractivity contribution is 6.22. The lowest BCUT2D eigenvalue weighted by Gasteiger charge is -1.98. The summed E-state index contributed by atoms with van der Waals surface area (Å²) < 4.78 is 4.27. The Labute approximate surface area is 65.8 Å². The maximum absolute atomic E-state index is 10.7. The Morgan fingerprint density at radius 2 is 2.36 bits per heavy atom. The molecule has 62 valence electrons. The van der Waals surface area contributed by atoms with Crippen molar-refractivity contribution in [2.24, 2.45) is 0 Å². The summed E-state index contributed by atoms with van der Waals surface area (Å²) in [6, 6.07) is 0. The number of hydrogen-bond acceptors (Lipinski definition) is 4. The third-order valence-electron chi connectivity index (χ3n) is 1.10. The Morgan fingerprint density at radius 1 is 1.73 bits per heavy atom. The molecule has 5 heteroatoms. The minimum absolute atomic E-state index is 0.00372. The second-order valence-electron chi connectivity index (χ2n) is 1.96. The third-order valence-corrected chi connectivity index (χ3v) is 1.10. The Hall–Kier alpha value is -0.805. The molecular weight excluding hydrogens is 147 g/mol. The van der Waals surface area contributed by atoms with Crippen LogP contribution in [0.2, 0.25) is 0 Å². The fourth-order valence-electron chi connectivity index (χ4n) is 0.537. The van der Waals surface area contributed by atoms with Gasteiger partial charge in [-0.3, -0.25) is 0 Å². The first-order chi connectivity index (χ1) is 5.22. The summed E-state index contributed by atoms with van der Waals surface area (Å²) in [5.74, 6) is -0.555. The molecule has 0 fully saturated rings. The van der Waals surface area contributed by atoms with Crippen molar-refractivity contribution >= 4 is 13.7 Å². The lowest BCUT2D eigenvalue weighted by atomic mass is 10.2. The predicted molar refractivity (Wildman–Crippen MR) is 40.9 cm³/mol. The predicted octanol–water partition coefficient (Wildman–Crippen LogP) is -0.883. The van der Waals surface area contributed by atoms with Gasteiger partial charge in [-0.1, -0.05) is 6.08 Å². The van der Waals surface area contributed by atoms with E-state index in [-0.39, 0.29) is 6.61 Å². The molecule has 0 aliphatic carbocycles. The standard InChI is InChI=1S/C6H11BO4/c1-5(3-2-4-8)6(9)11-7-10/h3,7-8,10H,2,4H2,1H3. The molecular formula is C6H11BO4. The zero-order chi connectivity index (χ0) is 8.69. The summed E-state index contributed by atoms with van der Waals surface area (Å²) in [4.78, 5) is 10.7. The second kappa shape index (κ2) is 5.94. The van der Waals surface area contributed by atoms with E-state index in [0.29, 0.717) is 12.0 Å². The van der Waals surface area contributed by atoms with Gasteiger partial charge in [0.2, 0.25) is 0 Å². The van der Waals surface area contributed by atoms with Crippen molar-refractivity contribution in [1.82, 2.24) is 0 Å². The first kappa shape index (κ1) is 10.2. The van der Waals surface area contributed by atoms with Gasteiger partial charge < -0.3 is 14.8 Å². The lowest BCUT2D eigenvalue weighted by Crippen LogP contribution is -2.09. The number of carbonyl (C=O) groups excluding carboxylic acids is 1. The van der Waals surface area contributed by atoms with Crippen LogP contribution in [-0.2, 0) is 9.45 Å². The van der Waals surface area contributed by atoms with Crippen LogP contribution in [0.1, 0.15) is 13.3 Å². The average molecular weight is 158 g/mol. The highest BCUT2D eigenvalue weighted by Gasteiger charge is 2.03. The van der Waals surface area contributed by atoms with Gasteiger partial charge in [0, 0.05) is 12.2 Å². The molecule has 0 radical (unpaired) electrons. The van der Waals surface area contributed by atoms with E-state index in [4.69, 9.17) is 10.1 Å². The topological polar surface area (TPSA) is 66.8 Å².